The molecule has 46 heavy (non-hydrogen) atoms. The van der Waals surface area contributed by atoms with Crippen LogP contribution in [0.2, 0.25) is 0 Å². The van der Waals surface area contributed by atoms with Gasteiger partial charge >= 0.3 is 18.3 Å². The van der Waals surface area contributed by atoms with Gasteiger partial charge in [0, 0.05) is 5.56 Å². The molecule has 0 heterocycles. The summed E-state index contributed by atoms with van der Waals surface area (Å²) in [5.41, 5.74) is 8.82. The van der Waals surface area contributed by atoms with Gasteiger partial charge in [0.15, 0.2) is 5.96 Å². The maximum atomic E-state index is 13.5. The third kappa shape index (κ3) is 11.3. The fraction of sp³-hybridized carbons (Fsp3) is 0.559. The topological polar surface area (TPSA) is 108 Å². The molecule has 0 saturated heterocycles. The molecule has 0 aliphatic carbocycles. The molecular weight excluding hydrogens is 612 g/mol. The second-order valence-electron chi connectivity index (χ2n) is 13.1. The van der Waals surface area contributed by atoms with Gasteiger partial charge in [-0.25, -0.2) is 4.79 Å². The van der Waals surface area contributed by atoms with E-state index in [0.717, 1.165) is 37.8 Å². The van der Waals surface area contributed by atoms with E-state index in [9.17, 15) is 35.9 Å². The molecule has 0 unspecified atom stereocenters. The number of hydrogen-bond acceptors (Lipinski definition) is 3. The molecule has 1 amide bonds. The highest BCUT2D eigenvalue weighted by molar-refractivity contribution is 6.03. The molecule has 0 fully saturated rings. The molecule has 258 valence electrons. The normalized spacial score (nSPS) is 12.2. The van der Waals surface area contributed by atoms with Crippen LogP contribution in [0.4, 0.5) is 26.3 Å². The zero-order valence-corrected chi connectivity index (χ0v) is 28.1. The highest BCUT2D eigenvalue weighted by Crippen LogP contribution is 2.41. The van der Waals surface area contributed by atoms with Crippen LogP contribution in [0.25, 0.3) is 0 Å². The lowest BCUT2D eigenvalue weighted by Crippen LogP contribution is -2.25. The first kappa shape index (κ1) is 40.5. The number of nitrogens with zero attached hydrogens (tertiary/aromatic N) is 1. The van der Waals surface area contributed by atoms with Gasteiger partial charge in [0.1, 0.15) is 0 Å². The van der Waals surface area contributed by atoms with Crippen molar-refractivity contribution in [2.45, 2.75) is 117 Å². The quantitative estimate of drug-likeness (QED) is 0.127. The average molecular weight is 660 g/mol. The summed E-state index contributed by atoms with van der Waals surface area (Å²) in [6, 6.07) is 4.80. The van der Waals surface area contributed by atoms with Crippen LogP contribution in [-0.4, -0.2) is 24.9 Å². The van der Waals surface area contributed by atoms with Crippen molar-refractivity contribution in [3.63, 3.8) is 0 Å². The van der Waals surface area contributed by atoms with Crippen molar-refractivity contribution in [1.29, 1.82) is 0 Å². The Kier molecular flexibility index (Phi) is 13.9. The van der Waals surface area contributed by atoms with Crippen molar-refractivity contribution in [1.82, 2.24) is 0 Å². The standard InChI is InChI=1S/C17H24F3N3O.C17H23F3O2/c1-5-6-7-10-8-12(16(2,3)4)13(17(18,19)20)9-11(10)14(24)23-15(21)22;1-6-7-8-11-9-13(16(2,3)4)14(17(18,19)20)10-12(11)15(21)22-5/h8-9H,5-7H2,1-4H3,(H4,21,22,23,24);9-10H,6-8H2,1-5H3. The molecule has 0 bridgehead atoms. The summed E-state index contributed by atoms with van der Waals surface area (Å²) in [5.74, 6) is -2.06. The second kappa shape index (κ2) is 15.8. The Morgan fingerprint density at radius 3 is 1.35 bits per heavy atom. The van der Waals surface area contributed by atoms with Crippen LogP contribution in [0.15, 0.2) is 29.3 Å². The number of carbonyl (C=O) groups excluding carboxylic acids is 2. The summed E-state index contributed by atoms with van der Waals surface area (Å²) < 4.78 is 85.1. The van der Waals surface area contributed by atoms with Crippen molar-refractivity contribution >= 4 is 17.8 Å². The molecule has 2 rings (SSSR count). The van der Waals surface area contributed by atoms with Gasteiger partial charge in [-0.1, -0.05) is 80.4 Å². The summed E-state index contributed by atoms with van der Waals surface area (Å²) in [6.45, 7) is 14.3. The number of ether oxygens (including phenoxy) is 1. The monoisotopic (exact) mass is 659 g/mol. The number of alkyl halides is 6. The Balaban J connectivity index is 0.000000462. The molecule has 0 aliphatic rings. The van der Waals surface area contributed by atoms with E-state index in [1.165, 1.54) is 19.2 Å². The molecule has 0 spiro atoms. The lowest BCUT2D eigenvalue weighted by molar-refractivity contribution is -0.139. The molecule has 4 N–H and O–H groups in total. The fourth-order valence-corrected chi connectivity index (χ4v) is 4.82. The van der Waals surface area contributed by atoms with Crippen molar-refractivity contribution in [3.8, 4) is 0 Å². The fourth-order valence-electron chi connectivity index (χ4n) is 4.82. The number of amides is 1. The van der Waals surface area contributed by atoms with Crippen molar-refractivity contribution in [2.75, 3.05) is 7.11 Å². The number of esters is 1. The van der Waals surface area contributed by atoms with Gasteiger partial charge in [0.25, 0.3) is 5.91 Å². The minimum Gasteiger partial charge on any atom is -0.465 e. The number of benzene rings is 2. The Hall–Kier alpha value is -3.57. The van der Waals surface area contributed by atoms with Crippen LogP contribution in [0.5, 0.6) is 0 Å². The lowest BCUT2D eigenvalue weighted by atomic mass is 9.80. The molecule has 6 nitrogen and oxygen atoms in total. The van der Waals surface area contributed by atoms with Gasteiger partial charge in [-0.3, -0.25) is 4.79 Å². The lowest BCUT2D eigenvalue weighted by Gasteiger charge is -2.26. The molecule has 0 atom stereocenters. The van der Waals surface area contributed by atoms with Crippen molar-refractivity contribution in [3.05, 3.63) is 68.8 Å². The highest BCUT2D eigenvalue weighted by Gasteiger charge is 2.39. The van der Waals surface area contributed by atoms with Gasteiger partial charge in [0.05, 0.1) is 23.8 Å². The maximum absolute atomic E-state index is 13.5. The molecule has 2 aromatic rings. The van der Waals surface area contributed by atoms with E-state index in [1.54, 1.807) is 41.5 Å². The molecule has 0 aromatic heterocycles. The van der Waals surface area contributed by atoms with Gasteiger partial charge < -0.3 is 16.2 Å². The largest absolute Gasteiger partial charge is 0.465 e. The summed E-state index contributed by atoms with van der Waals surface area (Å²) in [4.78, 5) is 27.4. The summed E-state index contributed by atoms with van der Waals surface area (Å²) in [5, 5.41) is 0. The van der Waals surface area contributed by atoms with Crippen LogP contribution >= 0.6 is 0 Å². The minimum absolute atomic E-state index is 0.0104. The van der Waals surface area contributed by atoms with E-state index in [1.807, 2.05) is 13.8 Å². The molecule has 0 aliphatic heterocycles. The Labute approximate surface area is 268 Å². The zero-order chi connectivity index (χ0) is 35.8. The van der Waals surface area contributed by atoms with Crippen molar-refractivity contribution < 1.29 is 40.7 Å². The molecule has 0 radical (unpaired) electrons. The first-order chi connectivity index (χ1) is 20.9. The summed E-state index contributed by atoms with van der Waals surface area (Å²) in [6.07, 6.45) is -4.74. The van der Waals surface area contributed by atoms with E-state index in [0.29, 0.717) is 24.0 Å². The third-order valence-electron chi connectivity index (χ3n) is 7.18. The number of carbonyl (C=O) groups is 2. The minimum atomic E-state index is -4.57. The number of hydrogen-bond donors (Lipinski definition) is 2. The molecular formula is C34H47F6N3O3. The van der Waals surface area contributed by atoms with E-state index >= 15 is 0 Å². The first-order valence-electron chi connectivity index (χ1n) is 15.1. The van der Waals surface area contributed by atoms with E-state index in [-0.39, 0.29) is 22.3 Å². The van der Waals surface area contributed by atoms with Crippen LogP contribution in [0, 0.1) is 0 Å². The predicted molar refractivity (Wildman–Crippen MR) is 169 cm³/mol. The highest BCUT2D eigenvalue weighted by atomic mass is 19.4. The van der Waals surface area contributed by atoms with Gasteiger partial charge in [0.2, 0.25) is 0 Å². The number of halogens is 6. The number of guanidine groups is 1. The van der Waals surface area contributed by atoms with Crippen LogP contribution in [-0.2, 0) is 40.8 Å². The van der Waals surface area contributed by atoms with Crippen LogP contribution in [0.1, 0.15) is 135 Å². The van der Waals surface area contributed by atoms with E-state index < -0.39 is 52.1 Å². The van der Waals surface area contributed by atoms with E-state index in [2.05, 4.69) is 9.73 Å². The smallest absolute Gasteiger partial charge is 0.416 e. The third-order valence-corrected chi connectivity index (χ3v) is 7.18. The second-order valence-corrected chi connectivity index (χ2v) is 13.1. The van der Waals surface area contributed by atoms with Crippen LogP contribution in [0.3, 0.4) is 0 Å². The number of methoxy groups -OCH3 is 1. The molecule has 2 aromatic carbocycles. The average Bonchev–Trinajstić information content (AvgIpc) is 2.91. The van der Waals surface area contributed by atoms with Gasteiger partial charge in [-0.05, 0) is 70.9 Å². The molecule has 0 saturated carbocycles. The Morgan fingerprint density at radius 2 is 1.04 bits per heavy atom. The maximum Gasteiger partial charge on any atom is 0.416 e. The van der Waals surface area contributed by atoms with Gasteiger partial charge in [-0.2, -0.15) is 31.3 Å². The number of rotatable bonds is 8. The number of aryl methyl sites for hydroxylation is 2. The summed E-state index contributed by atoms with van der Waals surface area (Å²) in [7, 11) is 1.18. The predicted octanol–water partition coefficient (Wildman–Crippen LogP) is 8.89. The molecule has 12 heteroatoms. The summed E-state index contributed by atoms with van der Waals surface area (Å²) >= 11 is 0. The van der Waals surface area contributed by atoms with Crippen LogP contribution < -0.4 is 11.5 Å². The zero-order valence-electron chi connectivity index (χ0n) is 28.1. The number of aliphatic imine (C=N–C) groups is 1. The van der Waals surface area contributed by atoms with Crippen molar-refractivity contribution in [2.24, 2.45) is 16.5 Å². The van der Waals surface area contributed by atoms with E-state index in [4.69, 9.17) is 11.5 Å². The number of nitrogens with two attached hydrogens (primary N) is 2. The SMILES string of the molecule is CCCCc1cc(C(C)(C)C)c(C(F)(F)F)cc1C(=O)N=C(N)N.CCCCc1cc(C(C)(C)C)c(C(F)(F)F)cc1C(=O)OC. The first-order valence-corrected chi connectivity index (χ1v) is 15.1. The Bertz CT molecular complexity index is 1400. The Morgan fingerprint density at radius 1 is 0.674 bits per heavy atom. The van der Waals surface area contributed by atoms with Gasteiger partial charge in [-0.15, -0.1) is 0 Å². The number of unbranched alkanes of at least 4 members (excludes halogenated alkanes) is 2.